The Balaban J connectivity index is 1.18. The molecule has 1 N–H and O–H groups in total. The smallest absolute Gasteiger partial charge is 0.273 e. The molecule has 0 radical (unpaired) electrons. The summed E-state index contributed by atoms with van der Waals surface area (Å²) in [6, 6.07) is 39.7. The Morgan fingerprint density at radius 3 is 2.00 bits per heavy atom. The van der Waals surface area contributed by atoms with E-state index in [0.29, 0.717) is 18.1 Å². The number of nitrogens with zero attached hydrogens (tertiary/aromatic N) is 4. The topological polar surface area (TPSA) is 85.8 Å². The van der Waals surface area contributed by atoms with Crippen LogP contribution in [0.4, 0.5) is 0 Å². The Morgan fingerprint density at radius 1 is 0.780 bits per heavy atom. The lowest BCUT2D eigenvalue weighted by Crippen LogP contribution is -2.29. The molecule has 1 amide bonds. The number of hydrogen-bond donors (Lipinski definition) is 1. The maximum Gasteiger partial charge on any atom is 0.273 e. The standard InChI is InChI=1S/C33H27N5O2S/c39-32(35-31(25-15-7-2-8-16-25)26-17-9-3-10-18-26)28-22-40-30(34-28)23-41-33-37-36-29(21-24-13-5-1-6-14-24)38(33)27-19-11-4-12-20-27/h1-20,22,31H,21,23H2,(H,35,39). The highest BCUT2D eigenvalue weighted by Gasteiger charge is 2.21. The molecule has 0 atom stereocenters. The lowest BCUT2D eigenvalue weighted by molar-refractivity contribution is 0.0938. The third kappa shape index (κ3) is 6.28. The van der Waals surface area contributed by atoms with Crippen LogP contribution in [0.3, 0.4) is 0 Å². The van der Waals surface area contributed by atoms with Crippen LogP contribution in [-0.4, -0.2) is 25.7 Å². The number of thioether (sulfide) groups is 1. The first-order valence-electron chi connectivity index (χ1n) is 13.3. The van der Waals surface area contributed by atoms with Crippen LogP contribution in [0.5, 0.6) is 0 Å². The SMILES string of the molecule is O=C(NC(c1ccccc1)c1ccccc1)c1coc(CSc2nnc(Cc3ccccc3)n2-c2ccccc2)n1. The molecule has 202 valence electrons. The molecule has 41 heavy (non-hydrogen) atoms. The molecule has 8 heteroatoms. The average molecular weight is 558 g/mol. The van der Waals surface area contributed by atoms with Gasteiger partial charge in [-0.3, -0.25) is 9.36 Å². The van der Waals surface area contributed by atoms with Crippen LogP contribution in [0.1, 0.15) is 44.9 Å². The number of nitrogens with one attached hydrogen (secondary N) is 1. The molecule has 0 unspecified atom stereocenters. The number of carbonyl (C=O) groups is 1. The molecule has 6 rings (SSSR count). The number of aromatic nitrogens is 4. The van der Waals surface area contributed by atoms with Gasteiger partial charge in [-0.25, -0.2) is 4.98 Å². The third-order valence-corrected chi connectivity index (χ3v) is 7.48. The van der Waals surface area contributed by atoms with Crippen molar-refractivity contribution in [1.82, 2.24) is 25.1 Å². The minimum absolute atomic E-state index is 0.228. The van der Waals surface area contributed by atoms with E-state index in [9.17, 15) is 4.79 Å². The molecule has 0 aliphatic rings. The van der Waals surface area contributed by atoms with Crippen LogP contribution in [-0.2, 0) is 12.2 Å². The van der Waals surface area contributed by atoms with Crippen molar-refractivity contribution in [3.63, 3.8) is 0 Å². The minimum Gasteiger partial charge on any atom is -0.447 e. The Morgan fingerprint density at radius 2 is 1.37 bits per heavy atom. The zero-order valence-corrected chi connectivity index (χ0v) is 22.9. The monoisotopic (exact) mass is 557 g/mol. The minimum atomic E-state index is -0.313. The van der Waals surface area contributed by atoms with Crippen LogP contribution in [0.15, 0.2) is 137 Å². The van der Waals surface area contributed by atoms with E-state index in [1.165, 1.54) is 18.0 Å². The van der Waals surface area contributed by atoms with E-state index in [2.05, 4.69) is 37.2 Å². The van der Waals surface area contributed by atoms with E-state index in [4.69, 9.17) is 4.42 Å². The molecule has 0 aliphatic heterocycles. The summed E-state index contributed by atoms with van der Waals surface area (Å²) in [4.78, 5) is 17.7. The number of rotatable bonds is 10. The normalized spacial score (nSPS) is 11.0. The van der Waals surface area contributed by atoms with Crippen molar-refractivity contribution in [1.29, 1.82) is 0 Å². The summed E-state index contributed by atoms with van der Waals surface area (Å²) in [5, 5.41) is 12.8. The molecule has 7 nitrogen and oxygen atoms in total. The fourth-order valence-electron chi connectivity index (χ4n) is 4.59. The molecule has 0 saturated heterocycles. The Labute approximate surface area is 242 Å². The summed E-state index contributed by atoms with van der Waals surface area (Å²) in [5.74, 6) is 1.36. The van der Waals surface area contributed by atoms with Crippen molar-refractivity contribution in [2.75, 3.05) is 0 Å². The van der Waals surface area contributed by atoms with Gasteiger partial charge in [-0.15, -0.1) is 10.2 Å². The first-order valence-corrected chi connectivity index (χ1v) is 14.2. The molecule has 0 bridgehead atoms. The van der Waals surface area contributed by atoms with Gasteiger partial charge in [0, 0.05) is 12.1 Å². The van der Waals surface area contributed by atoms with Crippen molar-refractivity contribution in [3.05, 3.63) is 162 Å². The van der Waals surface area contributed by atoms with Crippen LogP contribution >= 0.6 is 11.8 Å². The molecule has 2 heterocycles. The van der Waals surface area contributed by atoms with Crippen LogP contribution in [0, 0.1) is 0 Å². The van der Waals surface area contributed by atoms with E-state index < -0.39 is 0 Å². The molecule has 6 aromatic rings. The predicted octanol–water partition coefficient (Wildman–Crippen LogP) is 6.66. The fraction of sp³-hybridized carbons (Fsp3) is 0.0909. The van der Waals surface area contributed by atoms with Crippen molar-refractivity contribution < 1.29 is 9.21 Å². The lowest BCUT2D eigenvalue weighted by Gasteiger charge is -2.19. The maximum absolute atomic E-state index is 13.2. The van der Waals surface area contributed by atoms with Crippen LogP contribution in [0.2, 0.25) is 0 Å². The second kappa shape index (κ2) is 12.5. The molecule has 0 fully saturated rings. The number of hydrogen-bond acceptors (Lipinski definition) is 6. The predicted molar refractivity (Wildman–Crippen MR) is 159 cm³/mol. The van der Waals surface area contributed by atoms with Gasteiger partial charge in [0.1, 0.15) is 12.1 Å². The zero-order chi connectivity index (χ0) is 27.9. The summed E-state index contributed by atoms with van der Waals surface area (Å²) in [6.45, 7) is 0. The molecule has 0 aliphatic carbocycles. The second-order valence-electron chi connectivity index (χ2n) is 9.38. The van der Waals surface area contributed by atoms with Gasteiger partial charge in [-0.1, -0.05) is 121 Å². The van der Waals surface area contributed by atoms with E-state index in [-0.39, 0.29) is 17.6 Å². The van der Waals surface area contributed by atoms with Gasteiger partial charge in [0.2, 0.25) is 5.89 Å². The van der Waals surface area contributed by atoms with Crippen molar-refractivity contribution in [2.45, 2.75) is 23.4 Å². The third-order valence-electron chi connectivity index (χ3n) is 6.57. The number of carbonyl (C=O) groups excluding carboxylic acids is 1. The molecule has 0 saturated carbocycles. The highest BCUT2D eigenvalue weighted by atomic mass is 32.2. The molecular formula is C33H27N5O2S. The van der Waals surface area contributed by atoms with Gasteiger partial charge < -0.3 is 9.73 Å². The molecule has 2 aromatic heterocycles. The maximum atomic E-state index is 13.2. The molecular weight excluding hydrogens is 530 g/mol. The van der Waals surface area contributed by atoms with E-state index in [1.54, 1.807) is 0 Å². The number of amides is 1. The van der Waals surface area contributed by atoms with Gasteiger partial charge in [0.15, 0.2) is 10.9 Å². The second-order valence-corrected chi connectivity index (χ2v) is 10.3. The summed E-state index contributed by atoms with van der Waals surface area (Å²) in [6.07, 6.45) is 2.05. The van der Waals surface area contributed by atoms with E-state index in [0.717, 1.165) is 33.4 Å². The molecule has 0 spiro atoms. The van der Waals surface area contributed by atoms with Gasteiger partial charge in [-0.05, 0) is 28.8 Å². The van der Waals surface area contributed by atoms with Gasteiger partial charge in [0.25, 0.3) is 5.91 Å². The largest absolute Gasteiger partial charge is 0.447 e. The number of benzene rings is 4. The average Bonchev–Trinajstić information content (AvgIpc) is 3.68. The van der Waals surface area contributed by atoms with Crippen LogP contribution < -0.4 is 5.32 Å². The first-order chi connectivity index (χ1) is 20.2. The van der Waals surface area contributed by atoms with Crippen molar-refractivity contribution in [3.8, 4) is 5.69 Å². The fourth-order valence-corrected chi connectivity index (χ4v) is 5.41. The van der Waals surface area contributed by atoms with Gasteiger partial charge in [-0.2, -0.15) is 0 Å². The number of oxazole rings is 1. The van der Waals surface area contributed by atoms with Gasteiger partial charge >= 0.3 is 0 Å². The quantitative estimate of drug-likeness (QED) is 0.190. The number of para-hydroxylation sites is 1. The highest BCUT2D eigenvalue weighted by Crippen LogP contribution is 2.27. The molecule has 4 aromatic carbocycles. The van der Waals surface area contributed by atoms with Crippen molar-refractivity contribution >= 4 is 17.7 Å². The summed E-state index contributed by atoms with van der Waals surface area (Å²) >= 11 is 1.46. The van der Waals surface area contributed by atoms with E-state index in [1.807, 2.05) is 109 Å². The lowest BCUT2D eigenvalue weighted by atomic mass is 9.98. The van der Waals surface area contributed by atoms with Crippen molar-refractivity contribution in [2.24, 2.45) is 0 Å². The Kier molecular flexibility index (Phi) is 8.00. The zero-order valence-electron chi connectivity index (χ0n) is 22.1. The summed E-state index contributed by atoms with van der Waals surface area (Å²) < 4.78 is 7.75. The van der Waals surface area contributed by atoms with E-state index >= 15 is 0 Å². The highest BCUT2D eigenvalue weighted by molar-refractivity contribution is 7.98. The summed E-state index contributed by atoms with van der Waals surface area (Å²) in [5.41, 5.74) is 4.33. The first kappa shape index (κ1) is 26.3. The Bertz CT molecular complexity index is 1660. The Hall–Kier alpha value is -4.95. The van der Waals surface area contributed by atoms with Crippen LogP contribution in [0.25, 0.3) is 5.69 Å². The summed E-state index contributed by atoms with van der Waals surface area (Å²) in [7, 11) is 0. The van der Waals surface area contributed by atoms with Gasteiger partial charge in [0.05, 0.1) is 11.8 Å².